The molecule has 1 amide bonds. The number of H-pyrrole nitrogens is 1. The molecule has 1 fully saturated rings. The van der Waals surface area contributed by atoms with Gasteiger partial charge in [0.15, 0.2) is 0 Å². The molecule has 0 spiro atoms. The first-order chi connectivity index (χ1) is 11.7. The van der Waals surface area contributed by atoms with Crippen LogP contribution in [0.1, 0.15) is 19.8 Å². The van der Waals surface area contributed by atoms with E-state index in [4.69, 9.17) is 11.8 Å². The Morgan fingerprint density at radius 2 is 2.46 bits per heavy atom. The first kappa shape index (κ1) is 15.8. The molecule has 0 bridgehead atoms. The largest absolute Gasteiger partial charge is 0.388 e. The summed E-state index contributed by atoms with van der Waals surface area (Å²) in [6.45, 7) is 10.7. The van der Waals surface area contributed by atoms with Crippen molar-refractivity contribution < 1.29 is 4.79 Å². The number of pyridine rings is 1. The van der Waals surface area contributed by atoms with Crippen LogP contribution in [0, 0.1) is 23.8 Å². The average molecular weight is 322 g/mol. The standard InChI is InChI=1S/C17H18N6O/c1-3-11-9-23(15(24)4-6-18)10-14(11)22-16-12-5-7-20-17(12)21-8-13(16)19-2/h5,7-8,11,14H,3-4,9-10H2,1H3,(H2,20,21,22). The van der Waals surface area contributed by atoms with Gasteiger partial charge in [-0.1, -0.05) is 6.92 Å². The molecular weight excluding hydrogens is 304 g/mol. The Kier molecular flexibility index (Phi) is 4.35. The van der Waals surface area contributed by atoms with E-state index >= 15 is 0 Å². The van der Waals surface area contributed by atoms with Gasteiger partial charge in [-0.3, -0.25) is 9.78 Å². The third-order valence-electron chi connectivity index (χ3n) is 4.57. The SMILES string of the molecule is [C-]#[N+]c1cnc2[nH]ccc2c1NC1CN(C(=O)CC#N)CC1CC. The molecule has 0 aromatic carbocycles. The zero-order chi connectivity index (χ0) is 17.1. The first-order valence-electron chi connectivity index (χ1n) is 7.92. The number of nitrogens with one attached hydrogen (secondary N) is 2. The van der Waals surface area contributed by atoms with Gasteiger partial charge in [0, 0.05) is 36.9 Å². The number of nitrogens with zero attached hydrogens (tertiary/aromatic N) is 4. The molecule has 24 heavy (non-hydrogen) atoms. The Balaban J connectivity index is 1.88. The smallest absolute Gasteiger partial charge is 0.236 e. The lowest BCUT2D eigenvalue weighted by atomic mass is 10.0. The summed E-state index contributed by atoms with van der Waals surface area (Å²) in [7, 11) is 0. The number of nitriles is 1. The molecule has 7 nitrogen and oxygen atoms in total. The maximum absolute atomic E-state index is 12.0. The monoisotopic (exact) mass is 322 g/mol. The van der Waals surface area contributed by atoms with Crippen molar-refractivity contribution in [1.29, 1.82) is 5.26 Å². The summed E-state index contributed by atoms with van der Waals surface area (Å²) in [6.07, 6.45) is 4.18. The van der Waals surface area contributed by atoms with Gasteiger partial charge in [0.2, 0.25) is 11.6 Å². The van der Waals surface area contributed by atoms with Crippen molar-refractivity contribution in [2.75, 3.05) is 18.4 Å². The van der Waals surface area contributed by atoms with Crippen molar-refractivity contribution in [1.82, 2.24) is 14.9 Å². The highest BCUT2D eigenvalue weighted by Gasteiger charge is 2.34. The maximum Gasteiger partial charge on any atom is 0.236 e. The van der Waals surface area contributed by atoms with Crippen molar-refractivity contribution in [2.45, 2.75) is 25.8 Å². The normalized spacial score (nSPS) is 19.9. The molecule has 2 N–H and O–H groups in total. The lowest BCUT2D eigenvalue weighted by Crippen LogP contribution is -2.31. The summed E-state index contributed by atoms with van der Waals surface area (Å²) in [5.74, 6) is 0.153. The molecular formula is C17H18N6O. The Bertz CT molecular complexity index is 843. The highest BCUT2D eigenvalue weighted by atomic mass is 16.2. The van der Waals surface area contributed by atoms with Gasteiger partial charge in [-0.25, -0.2) is 4.85 Å². The number of aromatic amines is 1. The zero-order valence-electron chi connectivity index (χ0n) is 13.4. The van der Waals surface area contributed by atoms with E-state index in [0.29, 0.717) is 18.8 Å². The van der Waals surface area contributed by atoms with Gasteiger partial charge < -0.3 is 15.2 Å². The quantitative estimate of drug-likeness (QED) is 0.847. The topological polar surface area (TPSA) is 89.2 Å². The van der Waals surface area contributed by atoms with Crippen molar-refractivity contribution in [3.63, 3.8) is 0 Å². The Morgan fingerprint density at radius 3 is 3.17 bits per heavy atom. The highest BCUT2D eigenvalue weighted by Crippen LogP contribution is 2.34. The predicted octanol–water partition coefficient (Wildman–Crippen LogP) is 2.68. The van der Waals surface area contributed by atoms with Crippen LogP contribution in [0.5, 0.6) is 0 Å². The number of hydrogen-bond acceptors (Lipinski definition) is 4. The Labute approximate surface area is 140 Å². The molecule has 1 aliphatic rings. The summed E-state index contributed by atoms with van der Waals surface area (Å²) in [4.78, 5) is 24.6. The summed E-state index contributed by atoms with van der Waals surface area (Å²) >= 11 is 0. The minimum Gasteiger partial charge on any atom is -0.388 e. The van der Waals surface area contributed by atoms with Crippen LogP contribution < -0.4 is 5.32 Å². The number of likely N-dealkylation sites (tertiary alicyclic amines) is 1. The average Bonchev–Trinajstić information content (AvgIpc) is 3.21. The van der Waals surface area contributed by atoms with E-state index in [1.165, 1.54) is 0 Å². The fraction of sp³-hybridized carbons (Fsp3) is 0.412. The number of fused-ring (bicyclic) bond motifs is 1. The number of anilines is 1. The number of rotatable bonds is 4. The molecule has 2 atom stereocenters. The zero-order valence-corrected chi connectivity index (χ0v) is 13.4. The summed E-state index contributed by atoms with van der Waals surface area (Å²) in [6, 6.07) is 3.87. The number of carbonyl (C=O) groups excluding carboxylic acids is 1. The van der Waals surface area contributed by atoms with E-state index in [9.17, 15) is 4.79 Å². The molecule has 0 radical (unpaired) electrons. The molecule has 1 saturated heterocycles. The fourth-order valence-electron chi connectivity index (χ4n) is 3.25. The van der Waals surface area contributed by atoms with Gasteiger partial charge >= 0.3 is 0 Å². The molecule has 122 valence electrons. The van der Waals surface area contributed by atoms with Crippen LogP contribution in [0.15, 0.2) is 18.5 Å². The van der Waals surface area contributed by atoms with Crippen LogP contribution in [0.4, 0.5) is 11.4 Å². The van der Waals surface area contributed by atoms with E-state index in [0.717, 1.165) is 23.1 Å². The molecule has 3 heterocycles. The number of aromatic nitrogens is 2. The molecule has 2 unspecified atom stereocenters. The fourth-order valence-corrected chi connectivity index (χ4v) is 3.25. The Hall–Kier alpha value is -3.06. The third-order valence-corrected chi connectivity index (χ3v) is 4.57. The second-order valence-electron chi connectivity index (χ2n) is 5.92. The number of hydrogen-bond donors (Lipinski definition) is 2. The van der Waals surface area contributed by atoms with E-state index in [-0.39, 0.29) is 24.3 Å². The molecule has 0 aliphatic carbocycles. The van der Waals surface area contributed by atoms with E-state index in [1.54, 1.807) is 17.3 Å². The second kappa shape index (κ2) is 6.59. The number of carbonyl (C=O) groups is 1. The van der Waals surface area contributed by atoms with Crippen molar-refractivity contribution in [2.24, 2.45) is 5.92 Å². The third kappa shape index (κ3) is 2.77. The second-order valence-corrected chi connectivity index (χ2v) is 5.92. The highest BCUT2D eigenvalue weighted by molar-refractivity contribution is 5.96. The van der Waals surface area contributed by atoms with Crippen LogP contribution in [0.2, 0.25) is 0 Å². The minimum atomic E-state index is -0.132. The van der Waals surface area contributed by atoms with E-state index < -0.39 is 0 Å². The van der Waals surface area contributed by atoms with Crippen molar-refractivity contribution in [3.05, 3.63) is 29.9 Å². The minimum absolute atomic E-state index is 0.0543. The van der Waals surface area contributed by atoms with Crippen molar-refractivity contribution >= 4 is 28.3 Å². The van der Waals surface area contributed by atoms with Gasteiger partial charge in [-0.05, 0) is 18.4 Å². The van der Waals surface area contributed by atoms with Crippen LogP contribution >= 0.6 is 0 Å². The van der Waals surface area contributed by atoms with Gasteiger partial charge in [-0.15, -0.1) is 0 Å². The van der Waals surface area contributed by atoms with Gasteiger partial charge in [0.1, 0.15) is 12.1 Å². The van der Waals surface area contributed by atoms with Crippen LogP contribution in [0.25, 0.3) is 15.9 Å². The molecule has 3 rings (SSSR count). The van der Waals surface area contributed by atoms with E-state index in [1.807, 2.05) is 12.1 Å². The lowest BCUT2D eigenvalue weighted by Gasteiger charge is -2.21. The van der Waals surface area contributed by atoms with Gasteiger partial charge in [-0.2, -0.15) is 5.26 Å². The summed E-state index contributed by atoms with van der Waals surface area (Å²) in [5.41, 5.74) is 1.96. The van der Waals surface area contributed by atoms with Crippen molar-refractivity contribution in [3.8, 4) is 6.07 Å². The van der Waals surface area contributed by atoms with Gasteiger partial charge in [0.05, 0.1) is 18.3 Å². The molecule has 2 aromatic heterocycles. The molecule has 7 heteroatoms. The van der Waals surface area contributed by atoms with Gasteiger partial charge in [0.25, 0.3) is 0 Å². The maximum atomic E-state index is 12.0. The Morgan fingerprint density at radius 1 is 1.62 bits per heavy atom. The van der Waals surface area contributed by atoms with Crippen LogP contribution in [-0.2, 0) is 4.79 Å². The lowest BCUT2D eigenvalue weighted by molar-refractivity contribution is -0.129. The van der Waals surface area contributed by atoms with Crippen LogP contribution in [0.3, 0.4) is 0 Å². The number of amides is 1. The summed E-state index contributed by atoms with van der Waals surface area (Å²) < 4.78 is 0. The molecule has 1 aliphatic heterocycles. The molecule has 2 aromatic rings. The first-order valence-corrected chi connectivity index (χ1v) is 7.92. The molecule has 0 saturated carbocycles. The van der Waals surface area contributed by atoms with Crippen LogP contribution in [-0.4, -0.2) is 39.9 Å². The van der Waals surface area contributed by atoms with E-state index in [2.05, 4.69) is 27.1 Å². The predicted molar refractivity (Wildman–Crippen MR) is 90.4 cm³/mol. The summed E-state index contributed by atoms with van der Waals surface area (Å²) in [5, 5.41) is 13.1.